The van der Waals surface area contributed by atoms with Crippen molar-refractivity contribution in [2.24, 2.45) is 4.99 Å². The molecule has 5 nitrogen and oxygen atoms in total. The van der Waals surface area contributed by atoms with E-state index >= 15 is 0 Å². The summed E-state index contributed by atoms with van der Waals surface area (Å²) in [5.74, 6) is 0.454. The molecule has 0 radical (unpaired) electrons. The van der Waals surface area contributed by atoms with Gasteiger partial charge in [0.25, 0.3) is 5.91 Å². The van der Waals surface area contributed by atoms with Gasteiger partial charge in [0.1, 0.15) is 5.82 Å². The zero-order valence-corrected chi connectivity index (χ0v) is 18.6. The van der Waals surface area contributed by atoms with E-state index in [2.05, 4.69) is 20.9 Å². The Kier molecular flexibility index (Phi) is 11.2. The van der Waals surface area contributed by atoms with Crippen molar-refractivity contribution in [1.82, 2.24) is 16.0 Å². The molecule has 0 spiro atoms. The van der Waals surface area contributed by atoms with Crippen LogP contribution in [0, 0.1) is 5.82 Å². The number of amides is 1. The average molecular weight is 498 g/mol. The van der Waals surface area contributed by atoms with Crippen molar-refractivity contribution in [2.75, 3.05) is 27.2 Å². The highest BCUT2D eigenvalue weighted by molar-refractivity contribution is 14.0. The fourth-order valence-corrected chi connectivity index (χ4v) is 2.75. The van der Waals surface area contributed by atoms with E-state index in [0.717, 1.165) is 42.9 Å². The van der Waals surface area contributed by atoms with Crippen molar-refractivity contribution < 1.29 is 9.18 Å². The van der Waals surface area contributed by atoms with Crippen LogP contribution >= 0.6 is 24.0 Å². The number of carbonyl (C=O) groups is 1. The first kappa shape index (κ1) is 23.9. The van der Waals surface area contributed by atoms with E-state index in [0.29, 0.717) is 12.1 Å². The third-order valence-electron chi connectivity index (χ3n) is 4.17. The van der Waals surface area contributed by atoms with Gasteiger partial charge >= 0.3 is 0 Å². The maximum absolute atomic E-state index is 13.2. The predicted octanol–water partition coefficient (Wildman–Crippen LogP) is 3.14. The van der Waals surface area contributed by atoms with Crippen LogP contribution in [0.3, 0.4) is 0 Å². The molecule has 1 amide bonds. The summed E-state index contributed by atoms with van der Waals surface area (Å²) in [6.07, 6.45) is 2.49. The van der Waals surface area contributed by atoms with Gasteiger partial charge in [0.05, 0.1) is 0 Å². The second kappa shape index (κ2) is 13.1. The van der Waals surface area contributed by atoms with Crippen molar-refractivity contribution in [3.05, 3.63) is 71.0 Å². The number of hydrogen-bond donors (Lipinski definition) is 3. The Hall–Kier alpha value is -2.16. The van der Waals surface area contributed by atoms with Crippen LogP contribution in [0.25, 0.3) is 0 Å². The van der Waals surface area contributed by atoms with Crippen LogP contribution in [0.2, 0.25) is 0 Å². The van der Waals surface area contributed by atoms with Crippen molar-refractivity contribution in [2.45, 2.75) is 19.3 Å². The van der Waals surface area contributed by atoms with E-state index in [9.17, 15) is 9.18 Å². The zero-order chi connectivity index (χ0) is 19.5. The molecule has 152 valence electrons. The second-order valence-electron chi connectivity index (χ2n) is 6.19. The third kappa shape index (κ3) is 8.24. The van der Waals surface area contributed by atoms with Crippen molar-refractivity contribution >= 4 is 35.8 Å². The van der Waals surface area contributed by atoms with Crippen LogP contribution in [0.5, 0.6) is 0 Å². The Morgan fingerprint density at radius 1 is 1.00 bits per heavy atom. The fourth-order valence-electron chi connectivity index (χ4n) is 2.75. The zero-order valence-electron chi connectivity index (χ0n) is 16.3. The number of benzene rings is 2. The SMILES string of the molecule is CN=C(NCCCc1cccc(F)c1)NCCc1cccc(C(=O)NC)c1.I. The number of nitrogens with zero attached hydrogens (tertiary/aromatic N) is 1. The van der Waals surface area contributed by atoms with E-state index in [4.69, 9.17) is 0 Å². The Morgan fingerprint density at radius 3 is 2.36 bits per heavy atom. The fraction of sp³-hybridized carbons (Fsp3) is 0.333. The van der Waals surface area contributed by atoms with Crippen LogP contribution in [0.1, 0.15) is 27.9 Å². The first-order valence-electron chi connectivity index (χ1n) is 9.12. The largest absolute Gasteiger partial charge is 0.356 e. The smallest absolute Gasteiger partial charge is 0.251 e. The van der Waals surface area contributed by atoms with Crippen LogP contribution in [0.15, 0.2) is 53.5 Å². The lowest BCUT2D eigenvalue weighted by atomic mass is 10.1. The van der Waals surface area contributed by atoms with Gasteiger partial charge in [0, 0.05) is 32.7 Å². The predicted molar refractivity (Wildman–Crippen MR) is 123 cm³/mol. The van der Waals surface area contributed by atoms with Gasteiger partial charge < -0.3 is 16.0 Å². The van der Waals surface area contributed by atoms with Gasteiger partial charge in [0.15, 0.2) is 5.96 Å². The summed E-state index contributed by atoms with van der Waals surface area (Å²) in [7, 11) is 3.36. The van der Waals surface area contributed by atoms with Crippen molar-refractivity contribution in [3.8, 4) is 0 Å². The number of aliphatic imine (C=N–C) groups is 1. The number of hydrogen-bond acceptors (Lipinski definition) is 2. The second-order valence-corrected chi connectivity index (χ2v) is 6.19. The van der Waals surface area contributed by atoms with E-state index in [1.54, 1.807) is 32.3 Å². The van der Waals surface area contributed by atoms with Crippen LogP contribution in [-0.4, -0.2) is 39.1 Å². The van der Waals surface area contributed by atoms with Crippen molar-refractivity contribution in [1.29, 1.82) is 0 Å². The van der Waals surface area contributed by atoms with Gasteiger partial charge in [0.2, 0.25) is 0 Å². The molecule has 28 heavy (non-hydrogen) atoms. The lowest BCUT2D eigenvalue weighted by molar-refractivity contribution is 0.0963. The third-order valence-corrected chi connectivity index (χ3v) is 4.17. The van der Waals surface area contributed by atoms with Crippen LogP contribution in [-0.2, 0) is 12.8 Å². The highest BCUT2D eigenvalue weighted by atomic mass is 127. The van der Waals surface area contributed by atoms with Crippen molar-refractivity contribution in [3.63, 3.8) is 0 Å². The Labute approximate surface area is 183 Å². The molecule has 0 atom stereocenters. The molecular formula is C21H28FIN4O. The maximum atomic E-state index is 13.2. The summed E-state index contributed by atoms with van der Waals surface area (Å²) < 4.78 is 13.2. The highest BCUT2D eigenvalue weighted by Crippen LogP contribution is 2.06. The molecule has 7 heteroatoms. The molecule has 3 N–H and O–H groups in total. The summed E-state index contributed by atoms with van der Waals surface area (Å²) in [6.45, 7) is 1.46. The minimum Gasteiger partial charge on any atom is -0.356 e. The highest BCUT2D eigenvalue weighted by Gasteiger charge is 2.04. The van der Waals surface area contributed by atoms with Crippen LogP contribution in [0.4, 0.5) is 4.39 Å². The Morgan fingerprint density at radius 2 is 1.68 bits per heavy atom. The standard InChI is InChI=1S/C21H27FN4O.HI/c1-23-20(27)18-9-3-6-17(14-18)11-13-26-21(24-2)25-12-5-8-16-7-4-10-19(22)15-16;/h3-4,6-7,9-10,14-15H,5,8,11-13H2,1-2H3,(H,23,27)(H2,24,25,26);1H. The molecule has 0 aromatic heterocycles. The molecule has 0 saturated carbocycles. The summed E-state index contributed by atoms with van der Waals surface area (Å²) >= 11 is 0. The van der Waals surface area contributed by atoms with Gasteiger partial charge in [-0.2, -0.15) is 0 Å². The Balaban J connectivity index is 0.00000392. The molecule has 2 rings (SSSR count). The summed E-state index contributed by atoms with van der Waals surface area (Å²) in [4.78, 5) is 15.9. The number of nitrogens with one attached hydrogen (secondary N) is 3. The minimum atomic E-state index is -0.196. The first-order valence-corrected chi connectivity index (χ1v) is 9.12. The number of halogens is 2. The molecule has 0 aliphatic carbocycles. The number of guanidine groups is 1. The van der Waals surface area contributed by atoms with Gasteiger partial charge in [-0.15, -0.1) is 24.0 Å². The van der Waals surface area contributed by atoms with Gasteiger partial charge in [-0.1, -0.05) is 24.3 Å². The summed E-state index contributed by atoms with van der Waals surface area (Å²) in [6, 6.07) is 14.3. The van der Waals surface area contributed by atoms with E-state index in [1.807, 2.05) is 24.3 Å². The van der Waals surface area contributed by atoms with Gasteiger partial charge in [-0.05, 0) is 54.7 Å². The molecule has 2 aromatic carbocycles. The van der Waals surface area contributed by atoms with E-state index in [-0.39, 0.29) is 35.7 Å². The van der Waals surface area contributed by atoms with E-state index in [1.165, 1.54) is 6.07 Å². The molecule has 0 bridgehead atoms. The lowest BCUT2D eigenvalue weighted by Crippen LogP contribution is -2.38. The van der Waals surface area contributed by atoms with E-state index < -0.39 is 0 Å². The molecule has 0 unspecified atom stereocenters. The Bertz CT molecular complexity index is 783. The molecule has 0 heterocycles. The van der Waals surface area contributed by atoms with Gasteiger partial charge in [-0.3, -0.25) is 9.79 Å². The topological polar surface area (TPSA) is 65.5 Å². The quantitative estimate of drug-likeness (QED) is 0.227. The number of aryl methyl sites for hydroxylation is 1. The molecule has 0 aliphatic heterocycles. The summed E-state index contributed by atoms with van der Waals surface area (Å²) in [5.41, 5.74) is 2.75. The minimum absolute atomic E-state index is 0. The molecule has 0 aliphatic rings. The molecule has 0 fully saturated rings. The lowest BCUT2D eigenvalue weighted by Gasteiger charge is -2.12. The number of rotatable bonds is 8. The van der Waals surface area contributed by atoms with Gasteiger partial charge in [-0.25, -0.2) is 4.39 Å². The summed E-state index contributed by atoms with van der Waals surface area (Å²) in [5, 5.41) is 9.16. The molecular weight excluding hydrogens is 470 g/mol. The number of carbonyl (C=O) groups excluding carboxylic acids is 1. The van der Waals surface area contributed by atoms with Crippen LogP contribution < -0.4 is 16.0 Å². The average Bonchev–Trinajstić information content (AvgIpc) is 2.69. The molecule has 0 saturated heterocycles. The maximum Gasteiger partial charge on any atom is 0.251 e. The first-order chi connectivity index (χ1) is 13.1. The monoisotopic (exact) mass is 498 g/mol. The normalized spacial score (nSPS) is 10.8. The molecule has 2 aromatic rings.